The van der Waals surface area contributed by atoms with Crippen molar-refractivity contribution in [1.82, 2.24) is 9.97 Å². The van der Waals surface area contributed by atoms with Crippen molar-refractivity contribution in [3.8, 4) is 22.6 Å². The first-order valence-corrected chi connectivity index (χ1v) is 9.24. The number of nitrogens with zero attached hydrogens (tertiary/aromatic N) is 2. The highest BCUT2D eigenvalue weighted by Crippen LogP contribution is 2.31. The predicted molar refractivity (Wildman–Crippen MR) is 104 cm³/mol. The number of hydrogen-bond acceptors (Lipinski definition) is 2. The van der Waals surface area contributed by atoms with Crippen LogP contribution in [0.2, 0.25) is 0 Å². The van der Waals surface area contributed by atoms with E-state index < -0.39 is 0 Å². The van der Waals surface area contributed by atoms with Gasteiger partial charge >= 0.3 is 0 Å². The second-order valence-electron chi connectivity index (χ2n) is 7.11. The predicted octanol–water partition coefficient (Wildman–Crippen LogP) is 5.70. The third-order valence-electron chi connectivity index (χ3n) is 5.07. The number of benzene rings is 2. The molecule has 0 bridgehead atoms. The molecule has 0 spiro atoms. The van der Waals surface area contributed by atoms with Crippen molar-refractivity contribution in [1.29, 1.82) is 0 Å². The molecule has 0 fully saturated rings. The van der Waals surface area contributed by atoms with Crippen LogP contribution in [0, 0.1) is 13.8 Å². The van der Waals surface area contributed by atoms with Crippen molar-refractivity contribution in [3.63, 3.8) is 0 Å². The molecule has 0 aliphatic heterocycles. The lowest BCUT2D eigenvalue weighted by Crippen LogP contribution is -2.04. The average molecular weight is 328 g/mol. The average Bonchev–Trinajstić information content (AvgIpc) is 2.88. The maximum Gasteiger partial charge on any atom is 0.160 e. The maximum atomic E-state index is 5.02. The van der Waals surface area contributed by atoms with Crippen molar-refractivity contribution >= 4 is 0 Å². The van der Waals surface area contributed by atoms with E-state index in [0.29, 0.717) is 0 Å². The highest BCUT2D eigenvalue weighted by Gasteiger charge is 2.18. The van der Waals surface area contributed by atoms with Crippen molar-refractivity contribution in [2.24, 2.45) is 0 Å². The van der Waals surface area contributed by atoms with Gasteiger partial charge in [0.2, 0.25) is 0 Å². The summed E-state index contributed by atoms with van der Waals surface area (Å²) in [5.41, 5.74) is 8.59. The monoisotopic (exact) mass is 328 g/mol. The summed E-state index contributed by atoms with van der Waals surface area (Å²) in [4.78, 5) is 9.98. The molecule has 0 radical (unpaired) electrons. The lowest BCUT2D eigenvalue weighted by atomic mass is 9.99. The van der Waals surface area contributed by atoms with Crippen LogP contribution >= 0.6 is 0 Å². The Hall–Kier alpha value is -2.48. The number of aromatic nitrogens is 2. The van der Waals surface area contributed by atoms with Gasteiger partial charge in [0.05, 0.1) is 5.69 Å². The molecular formula is C23H24N2. The molecule has 0 saturated carbocycles. The van der Waals surface area contributed by atoms with Gasteiger partial charge in [-0.15, -0.1) is 0 Å². The maximum absolute atomic E-state index is 5.02. The molecule has 0 unspecified atom stereocenters. The van der Waals surface area contributed by atoms with Gasteiger partial charge in [-0.3, -0.25) is 0 Å². The molecule has 126 valence electrons. The van der Waals surface area contributed by atoms with E-state index in [-0.39, 0.29) is 0 Å². The van der Waals surface area contributed by atoms with Gasteiger partial charge in [-0.1, -0.05) is 66.1 Å². The van der Waals surface area contributed by atoms with Gasteiger partial charge in [0.25, 0.3) is 0 Å². The molecule has 1 aliphatic carbocycles. The van der Waals surface area contributed by atoms with Crippen LogP contribution in [0.15, 0.2) is 48.5 Å². The molecule has 0 N–H and O–H groups in total. The Kier molecular flexibility index (Phi) is 4.35. The van der Waals surface area contributed by atoms with Gasteiger partial charge in [0.15, 0.2) is 5.82 Å². The summed E-state index contributed by atoms with van der Waals surface area (Å²) in [6.45, 7) is 4.24. The zero-order valence-corrected chi connectivity index (χ0v) is 15.0. The minimum atomic E-state index is 0.858. The van der Waals surface area contributed by atoms with E-state index >= 15 is 0 Å². The molecule has 0 saturated heterocycles. The van der Waals surface area contributed by atoms with Crippen LogP contribution in [0.4, 0.5) is 0 Å². The molecular weight excluding hydrogens is 304 g/mol. The Labute approximate surface area is 150 Å². The molecule has 1 aliphatic rings. The van der Waals surface area contributed by atoms with E-state index in [1.54, 1.807) is 0 Å². The molecule has 2 heteroatoms. The van der Waals surface area contributed by atoms with E-state index in [1.807, 2.05) is 0 Å². The number of hydrogen-bond donors (Lipinski definition) is 0. The summed E-state index contributed by atoms with van der Waals surface area (Å²) in [5.74, 6) is 0.858. The second kappa shape index (κ2) is 6.79. The number of fused-ring (bicyclic) bond motifs is 1. The standard InChI is InChI=1S/C23H24N2/c1-16-8-12-18(13-9-16)22-20-6-4-3-5-7-21(20)24-23(25-22)19-14-10-17(2)11-15-19/h8-15H,3-7H2,1-2H3. The normalized spacial score (nSPS) is 14.0. The fraction of sp³-hybridized carbons (Fsp3) is 0.304. The van der Waals surface area contributed by atoms with Gasteiger partial charge in [0.1, 0.15) is 0 Å². The number of aryl methyl sites for hydroxylation is 3. The van der Waals surface area contributed by atoms with Crippen LogP contribution in [-0.4, -0.2) is 9.97 Å². The summed E-state index contributed by atoms with van der Waals surface area (Å²) in [6.07, 6.45) is 5.90. The SMILES string of the molecule is Cc1ccc(-c2nc3c(c(-c4ccc(C)cc4)n2)CCCCC3)cc1. The molecule has 2 aromatic carbocycles. The van der Waals surface area contributed by atoms with Gasteiger partial charge in [-0.25, -0.2) is 9.97 Å². The highest BCUT2D eigenvalue weighted by atomic mass is 14.9. The van der Waals surface area contributed by atoms with E-state index in [9.17, 15) is 0 Å². The first-order chi connectivity index (χ1) is 12.2. The van der Waals surface area contributed by atoms with Crippen molar-refractivity contribution < 1.29 is 0 Å². The fourth-order valence-corrected chi connectivity index (χ4v) is 3.55. The minimum Gasteiger partial charge on any atom is -0.233 e. The topological polar surface area (TPSA) is 25.8 Å². The first-order valence-electron chi connectivity index (χ1n) is 9.24. The Morgan fingerprint density at radius 1 is 0.640 bits per heavy atom. The molecule has 1 heterocycles. The molecule has 2 nitrogen and oxygen atoms in total. The summed E-state index contributed by atoms with van der Waals surface area (Å²) >= 11 is 0. The van der Waals surface area contributed by atoms with Crippen LogP contribution in [0.5, 0.6) is 0 Å². The molecule has 4 rings (SSSR count). The van der Waals surface area contributed by atoms with Crippen molar-refractivity contribution in [3.05, 3.63) is 70.9 Å². The van der Waals surface area contributed by atoms with E-state index in [0.717, 1.165) is 29.9 Å². The summed E-state index contributed by atoms with van der Waals surface area (Å²) in [6, 6.07) is 17.3. The van der Waals surface area contributed by atoms with Gasteiger partial charge < -0.3 is 0 Å². The first kappa shape index (κ1) is 16.0. The van der Waals surface area contributed by atoms with Gasteiger partial charge in [-0.2, -0.15) is 0 Å². The summed E-state index contributed by atoms with van der Waals surface area (Å²) in [7, 11) is 0. The largest absolute Gasteiger partial charge is 0.233 e. The van der Waals surface area contributed by atoms with Crippen LogP contribution in [0.1, 0.15) is 41.6 Å². The Morgan fingerprint density at radius 2 is 1.24 bits per heavy atom. The second-order valence-corrected chi connectivity index (χ2v) is 7.11. The van der Waals surface area contributed by atoms with Crippen LogP contribution < -0.4 is 0 Å². The number of rotatable bonds is 2. The molecule has 1 aromatic heterocycles. The lowest BCUT2D eigenvalue weighted by Gasteiger charge is -2.14. The van der Waals surface area contributed by atoms with Crippen molar-refractivity contribution in [2.75, 3.05) is 0 Å². The van der Waals surface area contributed by atoms with Gasteiger partial charge in [0, 0.05) is 22.4 Å². The Balaban J connectivity index is 1.89. The molecule has 0 amide bonds. The fourth-order valence-electron chi connectivity index (χ4n) is 3.55. The summed E-state index contributed by atoms with van der Waals surface area (Å²) in [5, 5.41) is 0. The zero-order valence-electron chi connectivity index (χ0n) is 15.0. The van der Waals surface area contributed by atoms with Crippen LogP contribution in [0.25, 0.3) is 22.6 Å². The van der Waals surface area contributed by atoms with E-state index in [4.69, 9.17) is 9.97 Å². The van der Waals surface area contributed by atoms with Crippen LogP contribution in [-0.2, 0) is 12.8 Å². The third kappa shape index (κ3) is 3.34. The minimum absolute atomic E-state index is 0.858. The zero-order chi connectivity index (χ0) is 17.2. The molecule has 3 aromatic rings. The Bertz CT molecular complexity index is 877. The van der Waals surface area contributed by atoms with Gasteiger partial charge in [-0.05, 0) is 39.5 Å². The third-order valence-corrected chi connectivity index (χ3v) is 5.07. The van der Waals surface area contributed by atoms with Crippen LogP contribution in [0.3, 0.4) is 0 Å². The smallest absolute Gasteiger partial charge is 0.160 e. The molecule has 25 heavy (non-hydrogen) atoms. The van der Waals surface area contributed by atoms with E-state index in [2.05, 4.69) is 62.4 Å². The lowest BCUT2D eigenvalue weighted by molar-refractivity contribution is 0.709. The summed E-state index contributed by atoms with van der Waals surface area (Å²) < 4.78 is 0. The Morgan fingerprint density at radius 3 is 1.92 bits per heavy atom. The quantitative estimate of drug-likeness (QED) is 0.564. The van der Waals surface area contributed by atoms with Crippen molar-refractivity contribution in [2.45, 2.75) is 46.0 Å². The molecule has 0 atom stereocenters. The van der Waals surface area contributed by atoms with E-state index in [1.165, 1.54) is 47.2 Å². The highest BCUT2D eigenvalue weighted by molar-refractivity contribution is 5.68.